The summed E-state index contributed by atoms with van der Waals surface area (Å²) in [5.41, 5.74) is 6.14. The number of carboxylic acid groups (broad SMARTS) is 1. The number of rotatable bonds is 14. The van der Waals surface area contributed by atoms with Crippen molar-refractivity contribution in [2.24, 2.45) is 5.73 Å². The molecule has 4 atom stereocenters. The summed E-state index contributed by atoms with van der Waals surface area (Å²) in [7, 11) is 0. The summed E-state index contributed by atoms with van der Waals surface area (Å²) < 4.78 is 0. The minimum atomic E-state index is -1.43. The highest BCUT2D eigenvalue weighted by Crippen LogP contribution is 2.05. The number of aliphatic hydroxyl groups excluding tert-OH is 2. The van der Waals surface area contributed by atoms with Crippen LogP contribution in [0.4, 0.5) is 0 Å². The molecule has 1 rings (SSSR count). The number of carboxylic acids is 1. The lowest BCUT2D eigenvalue weighted by Crippen LogP contribution is -2.58. The average molecular weight is 471 g/mol. The average Bonchev–Trinajstić information content (AvgIpc) is 2.79. The topological polar surface area (TPSA) is 191 Å². The first-order valence-corrected chi connectivity index (χ1v) is 11.3. The molecule has 0 aliphatic carbocycles. The molecule has 0 saturated carbocycles. The number of carbonyl (C=O) groups is 4. The Kier molecular flexibility index (Phi) is 12.3. The van der Waals surface area contributed by atoms with Gasteiger partial charge in [0.2, 0.25) is 17.7 Å². The van der Waals surface area contributed by atoms with Crippen LogP contribution in [0.1, 0.15) is 12.0 Å². The van der Waals surface area contributed by atoms with Gasteiger partial charge in [-0.15, -0.1) is 0 Å². The summed E-state index contributed by atoms with van der Waals surface area (Å²) in [5, 5.41) is 35.1. The van der Waals surface area contributed by atoms with Crippen LogP contribution in [0.2, 0.25) is 0 Å². The fourth-order valence-electron chi connectivity index (χ4n) is 2.65. The molecule has 1 aromatic carbocycles. The fraction of sp³-hybridized carbons (Fsp3) is 0.500. The van der Waals surface area contributed by atoms with Gasteiger partial charge in [-0.05, 0) is 24.0 Å². The number of thioether (sulfide) groups is 1. The van der Waals surface area contributed by atoms with Crippen LogP contribution < -0.4 is 21.7 Å². The van der Waals surface area contributed by atoms with Gasteiger partial charge in [0.25, 0.3) is 0 Å². The van der Waals surface area contributed by atoms with Crippen molar-refractivity contribution in [3.8, 4) is 0 Å². The third kappa shape index (κ3) is 9.22. The summed E-state index contributed by atoms with van der Waals surface area (Å²) in [6.45, 7) is -1.39. The lowest BCUT2D eigenvalue weighted by atomic mass is 10.1. The largest absolute Gasteiger partial charge is 0.480 e. The van der Waals surface area contributed by atoms with E-state index in [1.165, 1.54) is 11.8 Å². The zero-order valence-corrected chi connectivity index (χ0v) is 18.5. The number of benzene rings is 1. The highest BCUT2D eigenvalue weighted by Gasteiger charge is 2.29. The van der Waals surface area contributed by atoms with Crippen molar-refractivity contribution in [1.82, 2.24) is 16.0 Å². The van der Waals surface area contributed by atoms with Crippen LogP contribution in [-0.4, -0.2) is 88.4 Å². The molecule has 11 nitrogen and oxygen atoms in total. The molecule has 0 spiro atoms. The van der Waals surface area contributed by atoms with Gasteiger partial charge in [-0.25, -0.2) is 4.79 Å². The minimum absolute atomic E-state index is 0.0134. The van der Waals surface area contributed by atoms with Crippen LogP contribution in [0.15, 0.2) is 30.3 Å². The van der Waals surface area contributed by atoms with E-state index in [9.17, 15) is 29.4 Å². The first kappa shape index (κ1) is 27.4. The van der Waals surface area contributed by atoms with E-state index in [1.807, 2.05) is 0 Å². The lowest BCUT2D eigenvalue weighted by Gasteiger charge is -2.24. The molecule has 0 fully saturated rings. The van der Waals surface area contributed by atoms with Crippen LogP contribution in [-0.2, 0) is 25.6 Å². The van der Waals surface area contributed by atoms with Crippen LogP contribution in [0.25, 0.3) is 0 Å². The van der Waals surface area contributed by atoms with Crippen LogP contribution >= 0.6 is 11.8 Å². The zero-order chi connectivity index (χ0) is 24.1. The summed E-state index contributed by atoms with van der Waals surface area (Å²) in [4.78, 5) is 48.7. The Labute approximate surface area is 190 Å². The molecular formula is C20H30N4O7S. The molecule has 0 saturated heterocycles. The predicted octanol–water partition coefficient (Wildman–Crippen LogP) is -2.17. The molecule has 0 aliphatic heterocycles. The third-order valence-corrected chi connectivity index (χ3v) is 5.13. The lowest BCUT2D eigenvalue weighted by molar-refractivity contribution is -0.142. The van der Waals surface area contributed by atoms with E-state index >= 15 is 0 Å². The van der Waals surface area contributed by atoms with E-state index in [1.54, 1.807) is 36.6 Å². The molecule has 0 aromatic heterocycles. The van der Waals surface area contributed by atoms with E-state index in [4.69, 9.17) is 10.8 Å². The molecular weight excluding hydrogens is 440 g/mol. The van der Waals surface area contributed by atoms with Crippen molar-refractivity contribution in [3.63, 3.8) is 0 Å². The van der Waals surface area contributed by atoms with Crippen molar-refractivity contribution >= 4 is 35.5 Å². The van der Waals surface area contributed by atoms with Crippen LogP contribution in [0.3, 0.4) is 0 Å². The molecule has 178 valence electrons. The Morgan fingerprint density at radius 3 is 2.00 bits per heavy atom. The number of hydrogen-bond donors (Lipinski definition) is 7. The molecule has 0 bridgehead atoms. The van der Waals surface area contributed by atoms with Gasteiger partial charge in [-0.1, -0.05) is 30.3 Å². The quantitative estimate of drug-likeness (QED) is 0.159. The van der Waals surface area contributed by atoms with E-state index in [2.05, 4.69) is 16.0 Å². The molecule has 32 heavy (non-hydrogen) atoms. The molecule has 12 heteroatoms. The molecule has 0 heterocycles. The van der Waals surface area contributed by atoms with Crippen molar-refractivity contribution < 1.29 is 34.5 Å². The fourth-order valence-corrected chi connectivity index (χ4v) is 3.13. The molecule has 8 N–H and O–H groups in total. The number of carbonyl (C=O) groups excluding carboxylic acids is 3. The van der Waals surface area contributed by atoms with Gasteiger partial charge in [0, 0.05) is 6.42 Å². The van der Waals surface area contributed by atoms with Crippen molar-refractivity contribution in [1.29, 1.82) is 0 Å². The normalized spacial score (nSPS) is 14.5. The zero-order valence-electron chi connectivity index (χ0n) is 17.7. The maximum absolute atomic E-state index is 12.6. The van der Waals surface area contributed by atoms with Crippen molar-refractivity contribution in [2.75, 3.05) is 25.2 Å². The second kappa shape index (κ2) is 14.4. The van der Waals surface area contributed by atoms with E-state index < -0.39 is 61.1 Å². The first-order valence-electron chi connectivity index (χ1n) is 9.87. The Hall–Kier alpha value is -2.67. The number of nitrogens with one attached hydrogen (secondary N) is 3. The second-order valence-corrected chi connectivity index (χ2v) is 7.95. The molecule has 4 unspecified atom stereocenters. The molecule has 0 aliphatic rings. The van der Waals surface area contributed by atoms with Gasteiger partial charge in [0.1, 0.15) is 24.2 Å². The van der Waals surface area contributed by atoms with Gasteiger partial charge in [-0.2, -0.15) is 11.8 Å². The third-order valence-electron chi connectivity index (χ3n) is 4.49. The Balaban J connectivity index is 2.83. The van der Waals surface area contributed by atoms with E-state index in [0.29, 0.717) is 11.3 Å². The predicted molar refractivity (Wildman–Crippen MR) is 119 cm³/mol. The van der Waals surface area contributed by atoms with Crippen LogP contribution in [0, 0.1) is 0 Å². The van der Waals surface area contributed by atoms with Gasteiger partial charge >= 0.3 is 5.97 Å². The second-order valence-electron chi connectivity index (χ2n) is 6.96. The molecule has 1 aromatic rings. The number of hydrogen-bond acceptors (Lipinski definition) is 8. The van der Waals surface area contributed by atoms with Gasteiger partial charge in [-0.3, -0.25) is 14.4 Å². The monoisotopic (exact) mass is 470 g/mol. The van der Waals surface area contributed by atoms with E-state index in [0.717, 1.165) is 0 Å². The number of aliphatic carboxylic acids is 1. The van der Waals surface area contributed by atoms with Crippen molar-refractivity contribution in [3.05, 3.63) is 35.9 Å². The van der Waals surface area contributed by atoms with Gasteiger partial charge < -0.3 is 37.0 Å². The number of amides is 3. The van der Waals surface area contributed by atoms with Gasteiger partial charge in [0.15, 0.2) is 0 Å². The highest BCUT2D eigenvalue weighted by atomic mass is 32.2. The maximum atomic E-state index is 12.6. The smallest absolute Gasteiger partial charge is 0.326 e. The molecule has 3 amide bonds. The Bertz CT molecular complexity index is 766. The minimum Gasteiger partial charge on any atom is -0.480 e. The van der Waals surface area contributed by atoms with Gasteiger partial charge in [0.05, 0.1) is 13.2 Å². The number of aliphatic hydroxyl groups is 2. The summed E-state index contributed by atoms with van der Waals surface area (Å²) in [6, 6.07) is 3.68. The number of nitrogens with two attached hydrogens (primary N) is 1. The van der Waals surface area contributed by atoms with E-state index in [-0.39, 0.29) is 12.8 Å². The molecule has 0 radical (unpaired) electrons. The standard InChI is InChI=1S/C20H30N4O7S/c1-32-8-7-14(22-17(27)13(21)10-25)18(28)24-16(11-26)19(29)23-15(20(30)31)9-12-5-3-2-4-6-12/h2-6,13-16,25-26H,7-11,21H2,1H3,(H,22,27)(H,23,29)(H,24,28)(H,30,31). The van der Waals surface area contributed by atoms with Crippen molar-refractivity contribution in [2.45, 2.75) is 37.0 Å². The SMILES string of the molecule is CSCCC(NC(=O)C(N)CO)C(=O)NC(CO)C(=O)NC(Cc1ccccc1)C(=O)O. The maximum Gasteiger partial charge on any atom is 0.326 e. The Morgan fingerprint density at radius 2 is 1.47 bits per heavy atom. The van der Waals surface area contributed by atoms with Crippen LogP contribution in [0.5, 0.6) is 0 Å². The summed E-state index contributed by atoms with van der Waals surface area (Å²) >= 11 is 1.43. The summed E-state index contributed by atoms with van der Waals surface area (Å²) in [5.74, 6) is -3.14. The first-order chi connectivity index (χ1) is 15.2. The highest BCUT2D eigenvalue weighted by molar-refractivity contribution is 7.98. The Morgan fingerprint density at radius 1 is 0.906 bits per heavy atom. The summed E-state index contributed by atoms with van der Waals surface area (Å²) in [6.07, 6.45) is 2.03.